The number of fused-ring (bicyclic) bond motifs is 2. The molecule has 0 saturated carbocycles. The number of hydrogen-bond donors (Lipinski definition) is 1. The van der Waals surface area contributed by atoms with E-state index in [1.807, 2.05) is 6.92 Å². The van der Waals surface area contributed by atoms with E-state index < -0.39 is 0 Å². The third-order valence-electron chi connectivity index (χ3n) is 2.83. The van der Waals surface area contributed by atoms with Crippen LogP contribution in [0.5, 0.6) is 0 Å². The SMILES string of the molecule is CCc1nc(N)c2cc3cc(F)ccc3nc2n1. The Balaban J connectivity index is 2.41. The molecule has 3 rings (SSSR count). The molecule has 5 heteroatoms. The van der Waals surface area contributed by atoms with Crippen LogP contribution in [0.4, 0.5) is 10.2 Å². The Labute approximate surface area is 103 Å². The molecule has 0 aliphatic heterocycles. The van der Waals surface area contributed by atoms with Crippen molar-refractivity contribution >= 4 is 27.8 Å². The van der Waals surface area contributed by atoms with Gasteiger partial charge in [0.05, 0.1) is 10.9 Å². The summed E-state index contributed by atoms with van der Waals surface area (Å²) in [4.78, 5) is 12.9. The van der Waals surface area contributed by atoms with E-state index in [-0.39, 0.29) is 5.82 Å². The van der Waals surface area contributed by atoms with Gasteiger partial charge in [0, 0.05) is 11.8 Å². The van der Waals surface area contributed by atoms with Crippen molar-refractivity contribution in [1.82, 2.24) is 15.0 Å². The molecule has 0 bridgehead atoms. The number of anilines is 1. The summed E-state index contributed by atoms with van der Waals surface area (Å²) in [5, 5.41) is 1.35. The zero-order chi connectivity index (χ0) is 12.7. The first kappa shape index (κ1) is 10.8. The lowest BCUT2D eigenvalue weighted by Gasteiger charge is -2.05. The second-order valence-electron chi connectivity index (χ2n) is 4.08. The molecule has 1 aromatic carbocycles. The summed E-state index contributed by atoms with van der Waals surface area (Å²) in [6, 6.07) is 6.21. The fraction of sp³-hybridized carbons (Fsp3) is 0.154. The highest BCUT2D eigenvalue weighted by atomic mass is 19.1. The molecular formula is C13H11FN4. The Bertz CT molecular complexity index is 755. The number of nitrogen functional groups attached to an aromatic ring is 1. The molecule has 2 aromatic heterocycles. The van der Waals surface area contributed by atoms with E-state index in [4.69, 9.17) is 5.73 Å². The van der Waals surface area contributed by atoms with Gasteiger partial charge in [0.15, 0.2) is 5.65 Å². The summed E-state index contributed by atoms with van der Waals surface area (Å²) in [5.74, 6) is 0.748. The molecular weight excluding hydrogens is 231 g/mol. The quantitative estimate of drug-likeness (QED) is 0.666. The first-order valence-electron chi connectivity index (χ1n) is 5.70. The summed E-state index contributed by atoms with van der Waals surface area (Å²) in [6.45, 7) is 1.96. The minimum atomic E-state index is -0.298. The van der Waals surface area contributed by atoms with E-state index >= 15 is 0 Å². The van der Waals surface area contributed by atoms with Crippen molar-refractivity contribution < 1.29 is 4.39 Å². The number of aromatic nitrogens is 3. The van der Waals surface area contributed by atoms with E-state index in [0.29, 0.717) is 40.0 Å². The molecule has 0 fully saturated rings. The lowest BCUT2D eigenvalue weighted by Crippen LogP contribution is -2.01. The summed E-state index contributed by atoms with van der Waals surface area (Å²) in [6.07, 6.45) is 0.698. The lowest BCUT2D eigenvalue weighted by molar-refractivity contribution is 0.629. The summed E-state index contributed by atoms with van der Waals surface area (Å²) >= 11 is 0. The first-order valence-corrected chi connectivity index (χ1v) is 5.70. The Morgan fingerprint density at radius 1 is 1.17 bits per heavy atom. The molecule has 2 heterocycles. The number of aryl methyl sites for hydroxylation is 1. The fourth-order valence-corrected chi connectivity index (χ4v) is 1.92. The van der Waals surface area contributed by atoms with Crippen LogP contribution in [-0.4, -0.2) is 15.0 Å². The standard InChI is InChI=1S/C13H11FN4/c1-2-11-17-12(15)9-6-7-5-8(14)3-4-10(7)16-13(9)18-11/h3-6H,2H2,1H3,(H2,15,16,17,18). The molecule has 90 valence electrons. The van der Waals surface area contributed by atoms with Gasteiger partial charge >= 0.3 is 0 Å². The van der Waals surface area contributed by atoms with Crippen LogP contribution in [0.1, 0.15) is 12.7 Å². The highest BCUT2D eigenvalue weighted by Crippen LogP contribution is 2.22. The number of rotatable bonds is 1. The van der Waals surface area contributed by atoms with E-state index in [1.165, 1.54) is 12.1 Å². The normalized spacial score (nSPS) is 11.2. The van der Waals surface area contributed by atoms with Gasteiger partial charge in [-0.25, -0.2) is 19.3 Å². The fourth-order valence-electron chi connectivity index (χ4n) is 1.92. The minimum absolute atomic E-state index is 0.298. The maximum atomic E-state index is 13.2. The largest absolute Gasteiger partial charge is 0.383 e. The summed E-state index contributed by atoms with van der Waals surface area (Å²) < 4.78 is 13.2. The van der Waals surface area contributed by atoms with Crippen LogP contribution in [0, 0.1) is 5.82 Å². The Kier molecular flexibility index (Phi) is 2.33. The van der Waals surface area contributed by atoms with Crippen LogP contribution in [0.15, 0.2) is 24.3 Å². The van der Waals surface area contributed by atoms with Crippen LogP contribution < -0.4 is 5.73 Å². The van der Waals surface area contributed by atoms with Gasteiger partial charge in [0.1, 0.15) is 17.5 Å². The van der Waals surface area contributed by atoms with Crippen LogP contribution >= 0.6 is 0 Å². The van der Waals surface area contributed by atoms with Crippen LogP contribution in [0.2, 0.25) is 0 Å². The van der Waals surface area contributed by atoms with Gasteiger partial charge in [0.25, 0.3) is 0 Å². The molecule has 18 heavy (non-hydrogen) atoms. The lowest BCUT2D eigenvalue weighted by atomic mass is 10.1. The van der Waals surface area contributed by atoms with E-state index in [1.54, 1.807) is 12.1 Å². The van der Waals surface area contributed by atoms with Crippen molar-refractivity contribution in [2.24, 2.45) is 0 Å². The predicted molar refractivity (Wildman–Crippen MR) is 68.6 cm³/mol. The van der Waals surface area contributed by atoms with Crippen molar-refractivity contribution in [3.8, 4) is 0 Å². The first-order chi connectivity index (χ1) is 8.67. The Morgan fingerprint density at radius 2 is 2.00 bits per heavy atom. The summed E-state index contributed by atoms with van der Waals surface area (Å²) in [7, 11) is 0. The Morgan fingerprint density at radius 3 is 2.78 bits per heavy atom. The number of nitrogens with two attached hydrogens (primary N) is 1. The molecule has 4 nitrogen and oxygen atoms in total. The maximum Gasteiger partial charge on any atom is 0.165 e. The molecule has 0 aliphatic rings. The van der Waals surface area contributed by atoms with Gasteiger partial charge in [-0.05, 0) is 24.3 Å². The average molecular weight is 242 g/mol. The number of halogens is 1. The molecule has 0 atom stereocenters. The highest BCUT2D eigenvalue weighted by Gasteiger charge is 2.07. The average Bonchev–Trinajstić information content (AvgIpc) is 2.37. The summed E-state index contributed by atoms with van der Waals surface area (Å²) in [5.41, 5.74) is 7.13. The van der Waals surface area contributed by atoms with Crippen molar-refractivity contribution in [2.45, 2.75) is 13.3 Å². The van der Waals surface area contributed by atoms with Crippen LogP contribution in [0.25, 0.3) is 21.9 Å². The zero-order valence-electron chi connectivity index (χ0n) is 9.81. The molecule has 0 amide bonds. The zero-order valence-corrected chi connectivity index (χ0v) is 9.81. The van der Waals surface area contributed by atoms with Crippen molar-refractivity contribution in [1.29, 1.82) is 0 Å². The minimum Gasteiger partial charge on any atom is -0.383 e. The van der Waals surface area contributed by atoms with Crippen molar-refractivity contribution in [3.05, 3.63) is 35.9 Å². The van der Waals surface area contributed by atoms with Gasteiger partial charge in [0.2, 0.25) is 0 Å². The predicted octanol–water partition coefficient (Wildman–Crippen LogP) is 2.46. The van der Waals surface area contributed by atoms with Crippen LogP contribution in [-0.2, 0) is 6.42 Å². The third kappa shape index (κ3) is 1.64. The van der Waals surface area contributed by atoms with Gasteiger partial charge in [-0.1, -0.05) is 6.92 Å². The maximum absolute atomic E-state index is 13.2. The van der Waals surface area contributed by atoms with Crippen molar-refractivity contribution in [3.63, 3.8) is 0 Å². The van der Waals surface area contributed by atoms with Gasteiger partial charge in [-0.2, -0.15) is 0 Å². The van der Waals surface area contributed by atoms with E-state index in [9.17, 15) is 4.39 Å². The molecule has 3 aromatic rings. The van der Waals surface area contributed by atoms with E-state index in [0.717, 1.165) is 0 Å². The number of nitrogens with zero attached hydrogens (tertiary/aromatic N) is 3. The van der Waals surface area contributed by atoms with Crippen LogP contribution in [0.3, 0.4) is 0 Å². The molecule has 0 saturated heterocycles. The van der Waals surface area contributed by atoms with E-state index in [2.05, 4.69) is 15.0 Å². The molecule has 0 aliphatic carbocycles. The van der Waals surface area contributed by atoms with Crippen molar-refractivity contribution in [2.75, 3.05) is 5.73 Å². The van der Waals surface area contributed by atoms with Gasteiger partial charge in [-0.15, -0.1) is 0 Å². The Hall–Kier alpha value is -2.30. The number of hydrogen-bond acceptors (Lipinski definition) is 4. The number of benzene rings is 1. The second-order valence-corrected chi connectivity index (χ2v) is 4.08. The highest BCUT2D eigenvalue weighted by molar-refractivity contribution is 5.95. The monoisotopic (exact) mass is 242 g/mol. The van der Waals surface area contributed by atoms with Gasteiger partial charge in [-0.3, -0.25) is 0 Å². The molecule has 2 N–H and O–H groups in total. The second kappa shape index (κ2) is 3.87. The smallest absolute Gasteiger partial charge is 0.165 e. The van der Waals surface area contributed by atoms with Gasteiger partial charge < -0.3 is 5.73 Å². The molecule has 0 unspecified atom stereocenters. The number of pyridine rings is 1. The topological polar surface area (TPSA) is 64.7 Å². The molecule has 0 radical (unpaired) electrons. The third-order valence-corrected chi connectivity index (χ3v) is 2.83. The molecule has 0 spiro atoms.